The van der Waals surface area contributed by atoms with Crippen molar-refractivity contribution in [2.75, 3.05) is 25.6 Å². The molecule has 3 aromatic carbocycles. The average Bonchev–Trinajstić information content (AvgIpc) is 3.27. The number of para-hydroxylation sites is 2. The number of nitrogens with zero attached hydrogens (tertiary/aromatic N) is 3. The molecule has 0 aliphatic carbocycles. The zero-order valence-electron chi connectivity index (χ0n) is 19.1. The molecular formula is C27H27N5O2. The Bertz CT molecular complexity index is 1420. The second kappa shape index (κ2) is 9.91. The van der Waals surface area contributed by atoms with Gasteiger partial charge in [-0.3, -0.25) is 4.57 Å². The fraction of sp³-hybridized carbons (Fsp3) is 0.185. The number of hydrogen-bond acceptors (Lipinski definition) is 6. The van der Waals surface area contributed by atoms with Crippen molar-refractivity contribution < 1.29 is 9.47 Å². The van der Waals surface area contributed by atoms with E-state index in [0.29, 0.717) is 38.0 Å². The molecule has 7 heteroatoms. The summed E-state index contributed by atoms with van der Waals surface area (Å²) in [5, 5.41) is 5.49. The van der Waals surface area contributed by atoms with Crippen molar-refractivity contribution in [1.82, 2.24) is 14.5 Å². The van der Waals surface area contributed by atoms with Gasteiger partial charge < -0.3 is 20.5 Å². The summed E-state index contributed by atoms with van der Waals surface area (Å²) in [7, 11) is 1.66. The molecule has 7 nitrogen and oxygen atoms in total. The molecule has 0 aliphatic rings. The Morgan fingerprint density at radius 3 is 2.56 bits per heavy atom. The Labute approximate surface area is 198 Å². The van der Waals surface area contributed by atoms with Gasteiger partial charge in [0.25, 0.3) is 0 Å². The maximum absolute atomic E-state index is 6.12. The van der Waals surface area contributed by atoms with Gasteiger partial charge in [0.05, 0.1) is 12.1 Å². The van der Waals surface area contributed by atoms with Crippen molar-refractivity contribution in [3.05, 3.63) is 90.1 Å². The molecule has 5 aromatic rings. The standard InChI is InChI=1S/C27H27N5O2/c1-33-14-15-34-24-13-7-11-22-25(24)30-27(31-26(22)29-18-19-8-3-2-4-9-19)32-21(17-28)16-20-10-5-6-12-23(20)32/h2-13,16H,14-15,17-18,28H2,1H3,(H,29,30,31). The maximum Gasteiger partial charge on any atom is 0.237 e. The lowest BCUT2D eigenvalue weighted by atomic mass is 10.2. The number of benzene rings is 3. The van der Waals surface area contributed by atoms with Crippen molar-refractivity contribution in [2.24, 2.45) is 5.73 Å². The van der Waals surface area contributed by atoms with E-state index in [0.717, 1.165) is 38.9 Å². The minimum atomic E-state index is 0.370. The number of hydrogen-bond donors (Lipinski definition) is 2. The van der Waals surface area contributed by atoms with E-state index in [1.54, 1.807) is 7.11 Å². The maximum atomic E-state index is 6.12. The lowest BCUT2D eigenvalue weighted by molar-refractivity contribution is 0.147. The minimum absolute atomic E-state index is 0.370. The van der Waals surface area contributed by atoms with Crippen LogP contribution in [0.25, 0.3) is 27.8 Å². The molecule has 0 atom stereocenters. The summed E-state index contributed by atoms with van der Waals surface area (Å²) in [5.74, 6) is 1.97. The third-order valence-corrected chi connectivity index (χ3v) is 5.72. The normalized spacial score (nSPS) is 11.2. The van der Waals surface area contributed by atoms with Crippen LogP contribution in [0.2, 0.25) is 0 Å². The van der Waals surface area contributed by atoms with Crippen LogP contribution in [0.1, 0.15) is 11.3 Å². The van der Waals surface area contributed by atoms with Crippen LogP contribution in [-0.4, -0.2) is 34.9 Å². The van der Waals surface area contributed by atoms with Gasteiger partial charge in [0.2, 0.25) is 5.95 Å². The monoisotopic (exact) mass is 453 g/mol. The van der Waals surface area contributed by atoms with E-state index >= 15 is 0 Å². The number of methoxy groups -OCH3 is 1. The van der Waals surface area contributed by atoms with Crippen LogP contribution in [-0.2, 0) is 17.8 Å². The summed E-state index contributed by atoms with van der Waals surface area (Å²) in [4.78, 5) is 9.92. The van der Waals surface area contributed by atoms with Gasteiger partial charge >= 0.3 is 0 Å². The highest BCUT2D eigenvalue weighted by Gasteiger charge is 2.17. The van der Waals surface area contributed by atoms with Gasteiger partial charge in [0, 0.05) is 36.7 Å². The average molecular weight is 454 g/mol. The van der Waals surface area contributed by atoms with E-state index in [9.17, 15) is 0 Å². The summed E-state index contributed by atoms with van der Waals surface area (Å²) in [6.07, 6.45) is 0. The zero-order valence-corrected chi connectivity index (χ0v) is 19.1. The Balaban J connectivity index is 1.67. The third-order valence-electron chi connectivity index (χ3n) is 5.72. The van der Waals surface area contributed by atoms with Crippen LogP contribution in [0.15, 0.2) is 78.9 Å². The first-order chi connectivity index (χ1) is 16.8. The lowest BCUT2D eigenvalue weighted by Crippen LogP contribution is -2.12. The number of nitrogens with two attached hydrogens (primary N) is 1. The SMILES string of the molecule is COCCOc1cccc2c(NCc3ccccc3)nc(-n3c(CN)cc4ccccc43)nc12. The van der Waals surface area contributed by atoms with E-state index in [1.807, 2.05) is 53.1 Å². The van der Waals surface area contributed by atoms with E-state index < -0.39 is 0 Å². The van der Waals surface area contributed by atoms with Gasteiger partial charge in [0.15, 0.2) is 0 Å². The number of aromatic nitrogens is 3. The molecule has 0 radical (unpaired) electrons. The highest BCUT2D eigenvalue weighted by atomic mass is 16.5. The molecule has 172 valence electrons. The van der Waals surface area contributed by atoms with Crippen molar-refractivity contribution >= 4 is 27.6 Å². The summed E-state index contributed by atoms with van der Waals surface area (Å²) in [6.45, 7) is 1.93. The van der Waals surface area contributed by atoms with Gasteiger partial charge in [-0.1, -0.05) is 54.6 Å². The van der Waals surface area contributed by atoms with Crippen molar-refractivity contribution in [1.29, 1.82) is 0 Å². The Hall–Kier alpha value is -3.94. The zero-order chi connectivity index (χ0) is 23.3. The third kappa shape index (κ3) is 4.31. The summed E-state index contributed by atoms with van der Waals surface area (Å²) >= 11 is 0. The largest absolute Gasteiger partial charge is 0.489 e. The molecular weight excluding hydrogens is 426 g/mol. The molecule has 0 aliphatic heterocycles. The van der Waals surface area contributed by atoms with Crippen LogP contribution >= 0.6 is 0 Å². The first kappa shape index (κ1) is 21.9. The van der Waals surface area contributed by atoms with Gasteiger partial charge in [-0.15, -0.1) is 0 Å². The molecule has 3 N–H and O–H groups in total. The van der Waals surface area contributed by atoms with Crippen molar-refractivity contribution in [2.45, 2.75) is 13.1 Å². The number of nitrogens with one attached hydrogen (secondary N) is 1. The molecule has 34 heavy (non-hydrogen) atoms. The van der Waals surface area contributed by atoms with Crippen LogP contribution in [0, 0.1) is 0 Å². The highest BCUT2D eigenvalue weighted by Crippen LogP contribution is 2.31. The number of rotatable bonds is 9. The minimum Gasteiger partial charge on any atom is -0.489 e. The molecule has 0 amide bonds. The quantitative estimate of drug-likeness (QED) is 0.316. The van der Waals surface area contributed by atoms with E-state index in [1.165, 1.54) is 0 Å². The summed E-state index contributed by atoms with van der Waals surface area (Å²) in [6, 6.07) is 26.4. The van der Waals surface area contributed by atoms with Crippen molar-refractivity contribution in [3.8, 4) is 11.7 Å². The van der Waals surface area contributed by atoms with Crippen LogP contribution in [0.3, 0.4) is 0 Å². The number of ether oxygens (including phenoxy) is 2. The summed E-state index contributed by atoms with van der Waals surface area (Å²) < 4.78 is 13.2. The van der Waals surface area contributed by atoms with E-state index in [-0.39, 0.29) is 0 Å². The molecule has 0 bridgehead atoms. The first-order valence-corrected chi connectivity index (χ1v) is 11.3. The van der Waals surface area contributed by atoms with Gasteiger partial charge in [-0.25, -0.2) is 4.98 Å². The fourth-order valence-electron chi connectivity index (χ4n) is 4.08. The number of fused-ring (bicyclic) bond motifs is 2. The Morgan fingerprint density at radius 1 is 0.912 bits per heavy atom. The second-order valence-corrected chi connectivity index (χ2v) is 7.94. The molecule has 2 heterocycles. The van der Waals surface area contributed by atoms with Gasteiger partial charge in [-0.2, -0.15) is 4.98 Å². The molecule has 2 aromatic heterocycles. The van der Waals surface area contributed by atoms with E-state index in [4.69, 9.17) is 25.2 Å². The first-order valence-electron chi connectivity index (χ1n) is 11.3. The Morgan fingerprint density at radius 2 is 1.74 bits per heavy atom. The molecule has 0 saturated carbocycles. The molecule has 0 spiro atoms. The number of anilines is 1. The van der Waals surface area contributed by atoms with Crippen LogP contribution in [0.5, 0.6) is 5.75 Å². The van der Waals surface area contributed by atoms with Crippen LogP contribution in [0.4, 0.5) is 5.82 Å². The van der Waals surface area contributed by atoms with Crippen molar-refractivity contribution in [3.63, 3.8) is 0 Å². The second-order valence-electron chi connectivity index (χ2n) is 7.94. The molecule has 0 saturated heterocycles. The van der Waals surface area contributed by atoms with E-state index in [2.05, 4.69) is 35.6 Å². The van der Waals surface area contributed by atoms with Crippen LogP contribution < -0.4 is 15.8 Å². The predicted molar refractivity (Wildman–Crippen MR) is 135 cm³/mol. The predicted octanol–water partition coefficient (Wildman–Crippen LogP) is 4.67. The topological polar surface area (TPSA) is 87.2 Å². The van der Waals surface area contributed by atoms with Gasteiger partial charge in [0.1, 0.15) is 23.7 Å². The highest BCUT2D eigenvalue weighted by molar-refractivity contribution is 5.94. The fourth-order valence-corrected chi connectivity index (χ4v) is 4.08. The lowest BCUT2D eigenvalue weighted by Gasteiger charge is -2.15. The molecule has 5 rings (SSSR count). The molecule has 0 unspecified atom stereocenters. The Kier molecular flexibility index (Phi) is 6.38. The smallest absolute Gasteiger partial charge is 0.237 e. The summed E-state index contributed by atoms with van der Waals surface area (Å²) in [5.41, 5.74) is 9.96. The molecule has 0 fully saturated rings. The van der Waals surface area contributed by atoms with Gasteiger partial charge in [-0.05, 0) is 29.8 Å².